The quantitative estimate of drug-likeness (QED) is 0.615. The smallest absolute Gasteiger partial charge is 0.305 e. The minimum atomic E-state index is -4.63. The molecule has 0 saturated carbocycles. The molecule has 1 unspecified atom stereocenters. The summed E-state index contributed by atoms with van der Waals surface area (Å²) in [6.07, 6.45) is -4.63. The van der Waals surface area contributed by atoms with Crippen LogP contribution in [0.3, 0.4) is 0 Å². The molecule has 6 heteroatoms. The fourth-order valence-electron chi connectivity index (χ4n) is 0.0990. The van der Waals surface area contributed by atoms with E-state index in [-0.39, 0.29) is 0 Å². The van der Waals surface area contributed by atoms with Crippen LogP contribution >= 0.6 is 0 Å². The fourth-order valence-corrected chi connectivity index (χ4v) is 0.297. The number of rotatable bonds is 1. The first kappa shape index (κ1) is 9.90. The van der Waals surface area contributed by atoms with Crippen molar-refractivity contribution in [2.45, 2.75) is 24.8 Å². The molecule has 0 rings (SSSR count). The van der Waals surface area contributed by atoms with Gasteiger partial charge in [-0.25, -0.2) is 4.21 Å². The van der Waals surface area contributed by atoms with Gasteiger partial charge in [-0.1, -0.05) is 0 Å². The van der Waals surface area contributed by atoms with Crippen molar-refractivity contribution < 1.29 is 21.9 Å². The molecule has 0 saturated heterocycles. The Balaban J connectivity index is 4.57. The maximum atomic E-state index is 11.7. The van der Waals surface area contributed by atoms with Crippen LogP contribution in [-0.2, 0) is 11.1 Å². The van der Waals surface area contributed by atoms with Gasteiger partial charge in [0.05, 0.1) is 0 Å². The lowest BCUT2D eigenvalue weighted by Crippen LogP contribution is -2.42. The van der Waals surface area contributed by atoms with Gasteiger partial charge in [0.2, 0.25) is 0 Å². The summed E-state index contributed by atoms with van der Waals surface area (Å²) in [5.74, 6) is 0. The third-order valence-electron chi connectivity index (χ3n) is 1.12. The molecule has 0 amide bonds. The van der Waals surface area contributed by atoms with Crippen molar-refractivity contribution in [2.75, 3.05) is 0 Å². The monoisotopic (exact) mass is 176 g/mol. The summed E-state index contributed by atoms with van der Waals surface area (Å²) < 4.78 is 50.9. The second kappa shape index (κ2) is 2.50. The lowest BCUT2D eigenvalue weighted by Gasteiger charge is -2.22. The predicted octanol–water partition coefficient (Wildman–Crippen LogP) is 1.55. The summed E-state index contributed by atoms with van der Waals surface area (Å²) in [6, 6.07) is 0. The van der Waals surface area contributed by atoms with E-state index in [2.05, 4.69) is 0 Å². The van der Waals surface area contributed by atoms with E-state index >= 15 is 0 Å². The van der Waals surface area contributed by atoms with Crippen molar-refractivity contribution in [2.24, 2.45) is 0 Å². The van der Waals surface area contributed by atoms with Gasteiger partial charge in [0.15, 0.2) is 15.8 Å². The highest BCUT2D eigenvalue weighted by molar-refractivity contribution is 7.80. The van der Waals surface area contributed by atoms with Gasteiger partial charge in [0.25, 0.3) is 0 Å². The molecule has 0 radical (unpaired) electrons. The molecule has 10 heavy (non-hydrogen) atoms. The summed E-state index contributed by atoms with van der Waals surface area (Å²) in [4.78, 5) is 0. The molecule has 0 aliphatic heterocycles. The minimum absolute atomic E-state index is 0.670. The molecule has 0 fully saturated rings. The van der Waals surface area contributed by atoms with Crippen molar-refractivity contribution >= 4 is 11.1 Å². The molecule has 0 aliphatic carbocycles. The Labute approximate surface area is 58.7 Å². The summed E-state index contributed by atoms with van der Waals surface area (Å²) in [6.45, 7) is 1.34. The second-order valence-electron chi connectivity index (χ2n) is 2.26. The number of alkyl halides is 3. The molecule has 0 aliphatic rings. The Hall–Kier alpha value is -0.100. The van der Waals surface area contributed by atoms with E-state index < -0.39 is 22.0 Å². The Morgan fingerprint density at radius 1 is 1.30 bits per heavy atom. The van der Waals surface area contributed by atoms with Gasteiger partial charge < -0.3 is 4.55 Å². The lowest BCUT2D eigenvalue weighted by molar-refractivity contribution is -0.153. The molecule has 0 spiro atoms. The number of hydrogen-bond donors (Lipinski definition) is 1. The Morgan fingerprint density at radius 3 is 1.60 bits per heavy atom. The van der Waals surface area contributed by atoms with Crippen LogP contribution in [0, 0.1) is 0 Å². The SMILES string of the molecule is CC(C)(S(=O)O)C(F)(F)F. The van der Waals surface area contributed by atoms with Crippen molar-refractivity contribution in [1.82, 2.24) is 0 Å². The van der Waals surface area contributed by atoms with E-state index in [9.17, 15) is 17.4 Å². The summed E-state index contributed by atoms with van der Waals surface area (Å²) in [5.41, 5.74) is 0. The number of halogens is 3. The summed E-state index contributed by atoms with van der Waals surface area (Å²) >= 11 is -2.87. The second-order valence-corrected chi connectivity index (χ2v) is 3.78. The van der Waals surface area contributed by atoms with Crippen molar-refractivity contribution in [1.29, 1.82) is 0 Å². The van der Waals surface area contributed by atoms with Gasteiger partial charge in [-0.05, 0) is 13.8 Å². The van der Waals surface area contributed by atoms with E-state index in [0.717, 1.165) is 0 Å². The average molecular weight is 176 g/mol. The molecule has 1 N–H and O–H groups in total. The van der Waals surface area contributed by atoms with Crippen molar-refractivity contribution in [3.05, 3.63) is 0 Å². The molecular weight excluding hydrogens is 169 g/mol. The van der Waals surface area contributed by atoms with Crippen LogP contribution < -0.4 is 0 Å². The number of hydrogen-bond acceptors (Lipinski definition) is 1. The van der Waals surface area contributed by atoms with Gasteiger partial charge in [-0.2, -0.15) is 13.2 Å². The topological polar surface area (TPSA) is 37.3 Å². The van der Waals surface area contributed by atoms with Crippen LogP contribution in [-0.4, -0.2) is 19.7 Å². The highest BCUT2D eigenvalue weighted by Gasteiger charge is 2.52. The molecule has 0 aromatic carbocycles. The molecule has 0 heterocycles. The maximum Gasteiger partial charge on any atom is 0.407 e. The highest BCUT2D eigenvalue weighted by Crippen LogP contribution is 2.33. The molecule has 0 aromatic heterocycles. The predicted molar refractivity (Wildman–Crippen MR) is 30.9 cm³/mol. The van der Waals surface area contributed by atoms with E-state index in [0.29, 0.717) is 13.8 Å². The van der Waals surface area contributed by atoms with E-state index in [1.54, 1.807) is 0 Å². The van der Waals surface area contributed by atoms with Gasteiger partial charge in [-0.15, -0.1) is 0 Å². The third kappa shape index (κ3) is 1.69. The molecule has 2 nitrogen and oxygen atoms in total. The van der Waals surface area contributed by atoms with Gasteiger partial charge in [0.1, 0.15) is 0 Å². The zero-order valence-corrected chi connectivity index (χ0v) is 6.21. The van der Waals surface area contributed by atoms with E-state index in [4.69, 9.17) is 4.55 Å². The standard InChI is InChI=1S/C4H7F3O2S/c1-3(2,10(8)9)4(5,6)7/h1-2H3,(H,8,9). The highest BCUT2D eigenvalue weighted by atomic mass is 32.2. The molecule has 62 valence electrons. The van der Waals surface area contributed by atoms with Crippen molar-refractivity contribution in [3.8, 4) is 0 Å². The van der Waals surface area contributed by atoms with E-state index in [1.807, 2.05) is 0 Å². The Bertz CT molecular complexity index is 151. The molecule has 0 bridgehead atoms. The third-order valence-corrected chi connectivity index (χ3v) is 2.22. The molecule has 1 atom stereocenters. The first-order valence-electron chi connectivity index (χ1n) is 2.37. The zero-order chi connectivity index (χ0) is 8.58. The van der Waals surface area contributed by atoms with Crippen LogP contribution in [0.1, 0.15) is 13.8 Å². The summed E-state index contributed by atoms with van der Waals surface area (Å²) in [5, 5.41) is 0. The largest absolute Gasteiger partial charge is 0.407 e. The maximum absolute atomic E-state index is 11.7. The molecule has 0 aromatic rings. The first-order valence-corrected chi connectivity index (χ1v) is 3.48. The molecular formula is C4H7F3O2S. The minimum Gasteiger partial charge on any atom is -0.305 e. The van der Waals surface area contributed by atoms with Crippen molar-refractivity contribution in [3.63, 3.8) is 0 Å². The first-order chi connectivity index (χ1) is 4.19. The fraction of sp³-hybridized carbons (Fsp3) is 1.00. The van der Waals surface area contributed by atoms with Gasteiger partial charge in [0, 0.05) is 0 Å². The van der Waals surface area contributed by atoms with Crippen LogP contribution in [0.25, 0.3) is 0 Å². The van der Waals surface area contributed by atoms with Gasteiger partial charge >= 0.3 is 6.18 Å². The van der Waals surface area contributed by atoms with Gasteiger partial charge in [-0.3, -0.25) is 0 Å². The van der Waals surface area contributed by atoms with Crippen LogP contribution in [0.2, 0.25) is 0 Å². The van der Waals surface area contributed by atoms with Crippen LogP contribution in [0.15, 0.2) is 0 Å². The zero-order valence-electron chi connectivity index (χ0n) is 5.40. The lowest BCUT2D eigenvalue weighted by atomic mass is 10.2. The van der Waals surface area contributed by atoms with Crippen LogP contribution in [0.4, 0.5) is 13.2 Å². The average Bonchev–Trinajstić information content (AvgIpc) is 1.62. The normalized spacial score (nSPS) is 17.0. The van der Waals surface area contributed by atoms with E-state index in [1.165, 1.54) is 0 Å². The van der Waals surface area contributed by atoms with Crippen LogP contribution in [0.5, 0.6) is 0 Å². The summed E-state index contributed by atoms with van der Waals surface area (Å²) in [7, 11) is 0. The Morgan fingerprint density at radius 2 is 1.60 bits per heavy atom. The Kier molecular flexibility index (Phi) is 2.48.